The molecule has 0 aliphatic carbocycles. The van der Waals surface area contributed by atoms with Crippen molar-refractivity contribution < 1.29 is 43.8 Å². The van der Waals surface area contributed by atoms with E-state index >= 15 is 0 Å². The zero-order valence-corrected chi connectivity index (χ0v) is 24.8. The van der Waals surface area contributed by atoms with Gasteiger partial charge in [-0.2, -0.15) is 0 Å². The molecule has 0 radical (unpaired) electrons. The van der Waals surface area contributed by atoms with Gasteiger partial charge in [0.25, 0.3) is 0 Å². The first kappa shape index (κ1) is 31.3. The van der Waals surface area contributed by atoms with Gasteiger partial charge in [0.05, 0.1) is 29.8 Å². The lowest BCUT2D eigenvalue weighted by Gasteiger charge is -2.46. The molecule has 0 aromatic carbocycles. The van der Waals surface area contributed by atoms with E-state index in [1.54, 1.807) is 21.0 Å². The number of hydrogen-bond donors (Lipinski definition) is 3. The van der Waals surface area contributed by atoms with Gasteiger partial charge in [0, 0.05) is 25.9 Å². The molecule has 12 atom stereocenters. The Bertz CT molecular complexity index is 887. The number of rotatable bonds is 4. The van der Waals surface area contributed by atoms with E-state index in [9.17, 15) is 20.1 Å². The van der Waals surface area contributed by atoms with Crippen LogP contribution in [-0.4, -0.2) is 82.0 Å². The summed E-state index contributed by atoms with van der Waals surface area (Å²) in [6.45, 7) is 16.6. The lowest BCUT2D eigenvalue weighted by Crippen LogP contribution is -2.57. The summed E-state index contributed by atoms with van der Waals surface area (Å²) in [5.41, 5.74) is -2.11. The molecule has 0 saturated carbocycles. The predicted molar refractivity (Wildman–Crippen MR) is 141 cm³/mol. The van der Waals surface area contributed by atoms with Gasteiger partial charge in [-0.3, -0.25) is 4.79 Å². The molecule has 9 heteroatoms. The number of aliphatic hydroxyl groups is 3. The summed E-state index contributed by atoms with van der Waals surface area (Å²) in [7, 11) is 1.55. The topological polar surface area (TPSA) is 124 Å². The van der Waals surface area contributed by atoms with Crippen LogP contribution in [0.25, 0.3) is 0 Å². The summed E-state index contributed by atoms with van der Waals surface area (Å²) in [4.78, 5) is 13.5. The van der Waals surface area contributed by atoms with Crippen molar-refractivity contribution in [3.05, 3.63) is 11.3 Å². The summed E-state index contributed by atoms with van der Waals surface area (Å²) in [5, 5.41) is 33.3. The highest BCUT2D eigenvalue weighted by Gasteiger charge is 2.51. The molecule has 3 N–H and O–H groups in total. The molecule has 2 bridgehead atoms. The van der Waals surface area contributed by atoms with Crippen molar-refractivity contribution in [1.82, 2.24) is 0 Å². The smallest absolute Gasteiger partial charge is 0.311 e. The number of carbonyl (C=O) groups excluding carboxylic acids is 1. The largest absolute Gasteiger partial charge is 0.491 e. The summed E-state index contributed by atoms with van der Waals surface area (Å²) >= 11 is 0. The van der Waals surface area contributed by atoms with Crippen LogP contribution in [0.4, 0.5) is 0 Å². The molecule has 0 amide bonds. The van der Waals surface area contributed by atoms with Crippen LogP contribution in [0.5, 0.6) is 0 Å². The number of carbonyl (C=O) groups is 1. The summed E-state index contributed by atoms with van der Waals surface area (Å²) < 4.78 is 30.6. The molecule has 0 aromatic rings. The van der Waals surface area contributed by atoms with Crippen molar-refractivity contribution in [2.75, 3.05) is 7.11 Å². The predicted octanol–water partition coefficient (Wildman–Crippen LogP) is 3.47. The molecule has 3 aliphatic heterocycles. The molecule has 3 rings (SSSR count). The van der Waals surface area contributed by atoms with Gasteiger partial charge in [-0.15, -0.1) is 0 Å². The number of fused-ring (bicyclic) bond motifs is 2. The maximum atomic E-state index is 13.5. The molecule has 2 saturated heterocycles. The van der Waals surface area contributed by atoms with Gasteiger partial charge in [0.1, 0.15) is 29.2 Å². The average Bonchev–Trinajstić information content (AvgIpc) is 3.15. The number of hydrogen-bond acceptors (Lipinski definition) is 9. The van der Waals surface area contributed by atoms with Crippen LogP contribution in [0.2, 0.25) is 0 Å². The van der Waals surface area contributed by atoms with Gasteiger partial charge in [0.15, 0.2) is 6.29 Å². The van der Waals surface area contributed by atoms with E-state index in [2.05, 4.69) is 0 Å². The molecule has 220 valence electrons. The van der Waals surface area contributed by atoms with Crippen molar-refractivity contribution in [2.45, 2.75) is 142 Å². The highest BCUT2D eigenvalue weighted by atomic mass is 16.7. The van der Waals surface area contributed by atoms with Gasteiger partial charge in [0.2, 0.25) is 0 Å². The molecule has 3 aliphatic rings. The third-order valence-corrected chi connectivity index (χ3v) is 9.15. The van der Waals surface area contributed by atoms with Gasteiger partial charge in [-0.25, -0.2) is 0 Å². The first-order valence-corrected chi connectivity index (χ1v) is 14.0. The third kappa shape index (κ3) is 5.93. The van der Waals surface area contributed by atoms with Crippen LogP contribution in [-0.2, 0) is 28.5 Å². The normalized spacial score (nSPS) is 49.0. The Hall–Kier alpha value is -1.23. The lowest BCUT2D eigenvalue weighted by atomic mass is 9.80. The SMILES string of the molecule is CC[C@H]1OC(=O)[C@H](C)[C@@H](O[C@H]2CC(C)(OC)[C@@H](O)C(C)O2)[C@H](C)C[C@@]2(C)CC(C)=C(O2)[C@H](C)[C@@H](O)[C@]1(C)O. The number of ether oxygens (including phenoxy) is 5. The minimum absolute atomic E-state index is 0.143. The first-order chi connectivity index (χ1) is 17.5. The van der Waals surface area contributed by atoms with Crippen LogP contribution in [0.3, 0.4) is 0 Å². The Kier molecular flexibility index (Phi) is 9.34. The molecule has 2 fully saturated rings. The highest BCUT2D eigenvalue weighted by molar-refractivity contribution is 5.73. The number of methoxy groups -OCH3 is 1. The Labute approximate surface area is 227 Å². The maximum absolute atomic E-state index is 13.5. The summed E-state index contributed by atoms with van der Waals surface area (Å²) in [5.74, 6) is -1.18. The van der Waals surface area contributed by atoms with E-state index < -0.39 is 71.4 Å². The van der Waals surface area contributed by atoms with Crippen molar-refractivity contribution in [1.29, 1.82) is 0 Å². The lowest BCUT2D eigenvalue weighted by molar-refractivity contribution is -0.296. The maximum Gasteiger partial charge on any atom is 0.311 e. The van der Waals surface area contributed by atoms with Crippen molar-refractivity contribution in [3.63, 3.8) is 0 Å². The minimum atomic E-state index is -1.70. The zero-order valence-electron chi connectivity index (χ0n) is 24.8. The number of cyclic esters (lactones) is 1. The standard InChI is InChI=1S/C29H50O9/c1-11-20-29(9,33)24(30)17(4)23-16(3)13-27(7,38-23)12-15(2)22(18(5)26(32)36-20)37-21-14-28(8,34-10)25(31)19(6)35-21/h15,17-22,24-25,30-31,33H,11-14H2,1-10H3/t15-,17+,18-,19?,20-,21+,22+,24-,25+,27+,28?,29-/m1/s1. The molecular weight excluding hydrogens is 492 g/mol. The molecule has 9 nitrogen and oxygen atoms in total. The second-order valence-corrected chi connectivity index (χ2v) is 12.7. The molecule has 2 unspecified atom stereocenters. The number of esters is 1. The fourth-order valence-corrected chi connectivity index (χ4v) is 6.78. The van der Waals surface area contributed by atoms with Gasteiger partial charge >= 0.3 is 5.97 Å². The molecule has 3 heterocycles. The fourth-order valence-electron chi connectivity index (χ4n) is 6.78. The molecular formula is C29H50O9. The van der Waals surface area contributed by atoms with Crippen LogP contribution in [0.15, 0.2) is 11.3 Å². The first-order valence-electron chi connectivity index (χ1n) is 14.0. The van der Waals surface area contributed by atoms with E-state index in [-0.39, 0.29) is 12.3 Å². The van der Waals surface area contributed by atoms with E-state index in [1.807, 2.05) is 41.5 Å². The zero-order chi connectivity index (χ0) is 28.8. The van der Waals surface area contributed by atoms with Crippen molar-refractivity contribution >= 4 is 5.97 Å². The Balaban J connectivity index is 1.98. The average molecular weight is 543 g/mol. The summed E-state index contributed by atoms with van der Waals surface area (Å²) in [6, 6.07) is 0. The van der Waals surface area contributed by atoms with Crippen LogP contribution in [0.1, 0.15) is 88.0 Å². The third-order valence-electron chi connectivity index (χ3n) is 9.15. The van der Waals surface area contributed by atoms with E-state index in [0.29, 0.717) is 25.0 Å². The summed E-state index contributed by atoms with van der Waals surface area (Å²) in [6.07, 6.45) is -2.96. The van der Waals surface area contributed by atoms with Crippen LogP contribution < -0.4 is 0 Å². The van der Waals surface area contributed by atoms with E-state index in [1.165, 1.54) is 6.92 Å². The fraction of sp³-hybridized carbons (Fsp3) is 0.897. The Morgan fingerprint density at radius 3 is 2.24 bits per heavy atom. The van der Waals surface area contributed by atoms with Gasteiger partial charge in [-0.05, 0) is 65.9 Å². The quantitative estimate of drug-likeness (QED) is 0.458. The van der Waals surface area contributed by atoms with Crippen LogP contribution in [0, 0.1) is 17.8 Å². The number of aliphatic hydroxyl groups excluding tert-OH is 2. The minimum Gasteiger partial charge on any atom is -0.491 e. The van der Waals surface area contributed by atoms with E-state index in [0.717, 1.165) is 5.57 Å². The molecule has 38 heavy (non-hydrogen) atoms. The van der Waals surface area contributed by atoms with Gasteiger partial charge < -0.3 is 39.0 Å². The second-order valence-electron chi connectivity index (χ2n) is 12.7. The van der Waals surface area contributed by atoms with Gasteiger partial charge in [-0.1, -0.05) is 20.8 Å². The molecule has 0 aromatic heterocycles. The van der Waals surface area contributed by atoms with E-state index in [4.69, 9.17) is 23.7 Å². The van der Waals surface area contributed by atoms with Crippen molar-refractivity contribution in [3.8, 4) is 0 Å². The Morgan fingerprint density at radius 2 is 1.66 bits per heavy atom. The monoisotopic (exact) mass is 542 g/mol. The second kappa shape index (κ2) is 11.3. The Morgan fingerprint density at radius 1 is 1.03 bits per heavy atom. The molecule has 0 spiro atoms. The van der Waals surface area contributed by atoms with Crippen molar-refractivity contribution in [2.24, 2.45) is 17.8 Å². The van der Waals surface area contributed by atoms with Crippen LogP contribution >= 0.6 is 0 Å². The highest BCUT2D eigenvalue weighted by Crippen LogP contribution is 2.45.